The molecule has 102 valence electrons. The number of hydrogen-bond acceptors (Lipinski definition) is 4. The molecule has 0 aromatic carbocycles. The molecule has 0 aromatic rings. The summed E-state index contributed by atoms with van der Waals surface area (Å²) in [5, 5.41) is 5.81. The SMILES string of the molecule is CCC(C)NC(=O)CCNCCS(=O)(=O)CC. The minimum absolute atomic E-state index is 0.00481. The molecule has 0 bridgehead atoms. The van der Waals surface area contributed by atoms with Crippen LogP contribution in [0.3, 0.4) is 0 Å². The Morgan fingerprint density at radius 1 is 1.24 bits per heavy atom. The van der Waals surface area contributed by atoms with Gasteiger partial charge in [-0.15, -0.1) is 0 Å². The molecule has 1 atom stereocenters. The lowest BCUT2D eigenvalue weighted by Crippen LogP contribution is -2.34. The molecule has 0 heterocycles. The van der Waals surface area contributed by atoms with E-state index in [1.54, 1.807) is 6.92 Å². The quantitative estimate of drug-likeness (QED) is 0.588. The summed E-state index contributed by atoms with van der Waals surface area (Å²) in [5.74, 6) is 0.310. The normalized spacial score (nSPS) is 13.4. The van der Waals surface area contributed by atoms with Crippen LogP contribution >= 0.6 is 0 Å². The van der Waals surface area contributed by atoms with Crippen molar-refractivity contribution in [2.45, 2.75) is 39.7 Å². The number of amides is 1. The molecule has 0 fully saturated rings. The summed E-state index contributed by atoms with van der Waals surface area (Å²) in [6.45, 7) is 6.53. The summed E-state index contributed by atoms with van der Waals surface area (Å²) in [6.07, 6.45) is 1.30. The van der Waals surface area contributed by atoms with Crippen LogP contribution in [0.2, 0.25) is 0 Å². The maximum atomic E-state index is 11.4. The highest BCUT2D eigenvalue weighted by atomic mass is 32.2. The van der Waals surface area contributed by atoms with Gasteiger partial charge in [0, 0.05) is 31.3 Å². The Labute approximate surface area is 104 Å². The van der Waals surface area contributed by atoms with E-state index in [2.05, 4.69) is 10.6 Å². The lowest BCUT2D eigenvalue weighted by molar-refractivity contribution is -0.121. The topological polar surface area (TPSA) is 75.3 Å². The summed E-state index contributed by atoms with van der Waals surface area (Å²) in [5.41, 5.74) is 0. The van der Waals surface area contributed by atoms with Crippen molar-refractivity contribution in [2.75, 3.05) is 24.6 Å². The third-order valence-corrected chi connectivity index (χ3v) is 4.28. The zero-order valence-electron chi connectivity index (χ0n) is 11.0. The van der Waals surface area contributed by atoms with Crippen LogP contribution < -0.4 is 10.6 Å². The highest BCUT2D eigenvalue weighted by molar-refractivity contribution is 7.91. The number of carbonyl (C=O) groups excluding carboxylic acids is 1. The fraction of sp³-hybridized carbons (Fsp3) is 0.909. The van der Waals surface area contributed by atoms with Crippen molar-refractivity contribution < 1.29 is 13.2 Å². The van der Waals surface area contributed by atoms with Crippen LogP contribution in [-0.2, 0) is 14.6 Å². The van der Waals surface area contributed by atoms with Crippen LogP contribution in [0.25, 0.3) is 0 Å². The zero-order valence-corrected chi connectivity index (χ0v) is 11.8. The summed E-state index contributed by atoms with van der Waals surface area (Å²) >= 11 is 0. The van der Waals surface area contributed by atoms with Crippen LogP contribution in [0.4, 0.5) is 0 Å². The van der Waals surface area contributed by atoms with Crippen molar-refractivity contribution in [1.29, 1.82) is 0 Å². The molecule has 0 aromatic heterocycles. The predicted molar refractivity (Wildman–Crippen MR) is 69.7 cm³/mol. The number of nitrogens with one attached hydrogen (secondary N) is 2. The second-order valence-electron chi connectivity index (χ2n) is 4.11. The van der Waals surface area contributed by atoms with Gasteiger partial charge in [-0.25, -0.2) is 8.42 Å². The van der Waals surface area contributed by atoms with Gasteiger partial charge in [-0.2, -0.15) is 0 Å². The second-order valence-corrected chi connectivity index (χ2v) is 6.59. The third-order valence-electron chi connectivity index (χ3n) is 2.58. The standard InChI is InChI=1S/C11H24N2O3S/c1-4-10(3)13-11(14)6-7-12-8-9-17(15,16)5-2/h10,12H,4-9H2,1-3H3,(H,13,14). The van der Waals surface area contributed by atoms with Crippen molar-refractivity contribution in [3.63, 3.8) is 0 Å². The largest absolute Gasteiger partial charge is 0.354 e. The van der Waals surface area contributed by atoms with E-state index in [9.17, 15) is 13.2 Å². The minimum atomic E-state index is -2.91. The predicted octanol–water partition coefficient (Wildman–Crippen LogP) is 0.316. The molecule has 0 rings (SSSR count). The average molecular weight is 264 g/mol. The summed E-state index contributed by atoms with van der Waals surface area (Å²) in [6, 6.07) is 0.197. The number of rotatable bonds is 9. The Hall–Kier alpha value is -0.620. The molecule has 0 spiro atoms. The lowest BCUT2D eigenvalue weighted by Gasteiger charge is -2.11. The Bertz CT molecular complexity index is 315. The highest BCUT2D eigenvalue weighted by Gasteiger charge is 2.07. The van der Waals surface area contributed by atoms with Crippen LogP contribution in [0.15, 0.2) is 0 Å². The molecule has 6 heteroatoms. The lowest BCUT2D eigenvalue weighted by atomic mass is 10.2. The molecule has 1 unspecified atom stereocenters. The summed E-state index contributed by atoms with van der Waals surface area (Å²) in [4.78, 5) is 11.4. The molecule has 17 heavy (non-hydrogen) atoms. The van der Waals surface area contributed by atoms with Gasteiger partial charge in [0.05, 0.1) is 5.75 Å². The van der Waals surface area contributed by atoms with E-state index in [1.165, 1.54) is 0 Å². The summed E-state index contributed by atoms with van der Waals surface area (Å²) in [7, 11) is -2.91. The Balaban J connectivity index is 3.55. The maximum Gasteiger partial charge on any atom is 0.221 e. The Morgan fingerprint density at radius 2 is 1.88 bits per heavy atom. The van der Waals surface area contributed by atoms with Crippen molar-refractivity contribution in [2.24, 2.45) is 0 Å². The van der Waals surface area contributed by atoms with E-state index < -0.39 is 9.84 Å². The molecule has 0 saturated carbocycles. The first kappa shape index (κ1) is 16.4. The van der Waals surface area contributed by atoms with Crippen molar-refractivity contribution in [1.82, 2.24) is 10.6 Å². The van der Waals surface area contributed by atoms with Gasteiger partial charge < -0.3 is 10.6 Å². The second kappa shape index (κ2) is 8.47. The first-order valence-electron chi connectivity index (χ1n) is 6.11. The maximum absolute atomic E-state index is 11.4. The Kier molecular flexibility index (Phi) is 8.16. The van der Waals surface area contributed by atoms with E-state index >= 15 is 0 Å². The van der Waals surface area contributed by atoms with Crippen LogP contribution in [0.5, 0.6) is 0 Å². The van der Waals surface area contributed by atoms with Gasteiger partial charge >= 0.3 is 0 Å². The third kappa shape index (κ3) is 9.12. The average Bonchev–Trinajstić information content (AvgIpc) is 2.28. The van der Waals surface area contributed by atoms with Gasteiger partial charge in [0.15, 0.2) is 9.84 Å². The molecule has 5 nitrogen and oxygen atoms in total. The van der Waals surface area contributed by atoms with Gasteiger partial charge in [-0.05, 0) is 13.3 Å². The van der Waals surface area contributed by atoms with Gasteiger partial charge in [0.25, 0.3) is 0 Å². The molecule has 2 N–H and O–H groups in total. The molecule has 0 aliphatic carbocycles. The van der Waals surface area contributed by atoms with Gasteiger partial charge in [-0.3, -0.25) is 4.79 Å². The molecule has 0 saturated heterocycles. The molecular weight excluding hydrogens is 240 g/mol. The fourth-order valence-corrected chi connectivity index (χ4v) is 1.89. The van der Waals surface area contributed by atoms with Crippen LogP contribution in [0.1, 0.15) is 33.6 Å². The van der Waals surface area contributed by atoms with Crippen molar-refractivity contribution in [3.8, 4) is 0 Å². The van der Waals surface area contributed by atoms with Crippen molar-refractivity contribution >= 4 is 15.7 Å². The summed E-state index contributed by atoms with van der Waals surface area (Å²) < 4.78 is 22.3. The molecule has 0 aliphatic rings. The number of carbonyl (C=O) groups is 1. The van der Waals surface area contributed by atoms with Gasteiger partial charge in [-0.1, -0.05) is 13.8 Å². The first-order valence-corrected chi connectivity index (χ1v) is 7.94. The van der Waals surface area contributed by atoms with Gasteiger partial charge in [0.2, 0.25) is 5.91 Å². The highest BCUT2D eigenvalue weighted by Crippen LogP contribution is 1.90. The number of sulfone groups is 1. The first-order chi connectivity index (χ1) is 7.91. The van der Waals surface area contributed by atoms with E-state index in [-0.39, 0.29) is 23.5 Å². The van der Waals surface area contributed by atoms with Crippen LogP contribution in [0, 0.1) is 0 Å². The van der Waals surface area contributed by atoms with E-state index in [0.717, 1.165) is 6.42 Å². The van der Waals surface area contributed by atoms with E-state index in [4.69, 9.17) is 0 Å². The minimum Gasteiger partial charge on any atom is -0.354 e. The Morgan fingerprint density at radius 3 is 2.41 bits per heavy atom. The smallest absolute Gasteiger partial charge is 0.221 e. The molecule has 0 radical (unpaired) electrons. The van der Waals surface area contributed by atoms with Crippen molar-refractivity contribution in [3.05, 3.63) is 0 Å². The van der Waals surface area contributed by atoms with Gasteiger partial charge in [0.1, 0.15) is 0 Å². The zero-order chi connectivity index (χ0) is 13.3. The van der Waals surface area contributed by atoms with E-state index in [0.29, 0.717) is 19.5 Å². The number of hydrogen-bond donors (Lipinski definition) is 2. The van der Waals surface area contributed by atoms with Crippen LogP contribution in [-0.4, -0.2) is 45.0 Å². The molecule has 0 aliphatic heterocycles. The monoisotopic (exact) mass is 264 g/mol. The fourth-order valence-electron chi connectivity index (χ4n) is 1.15. The molecule has 1 amide bonds. The van der Waals surface area contributed by atoms with E-state index in [1.807, 2.05) is 13.8 Å². The molecular formula is C11H24N2O3S.